The number of benzene rings is 2. The molecule has 1 aliphatic carbocycles. The van der Waals surface area contributed by atoms with Crippen LogP contribution in [0.1, 0.15) is 63.6 Å². The Kier molecular flexibility index (Phi) is 9.34. The summed E-state index contributed by atoms with van der Waals surface area (Å²) in [5, 5.41) is 12.1. The fourth-order valence-corrected chi connectivity index (χ4v) is 4.64. The third-order valence-electron chi connectivity index (χ3n) is 6.57. The number of carbonyl (C=O) groups is 2. The Labute approximate surface area is 216 Å². The summed E-state index contributed by atoms with van der Waals surface area (Å²) in [6.45, 7) is 6.76. The standard InChI is InChI=1S/C28H36F2N2O5/c1-4-36-23-15-22(16-24(17-23)37-5-2)20(3)32(14-10-9-13-21-11-7-6-8-12-21)26(35)31-27(25(33)34)18-28(29,30)19-27/h6-8,11-12,15-17,20H,4-5,9-10,13-14,18-19H2,1-3H3,(H,31,35)(H,33,34). The molecule has 37 heavy (non-hydrogen) atoms. The SMILES string of the molecule is CCOc1cc(OCC)cc(C(C)N(CCCCc2ccccc2)C(=O)NC2(C(=O)O)CC(F)(F)C2)c1. The maximum absolute atomic E-state index is 13.7. The van der Waals surface area contributed by atoms with Gasteiger partial charge in [-0.25, -0.2) is 18.4 Å². The first-order valence-corrected chi connectivity index (χ1v) is 12.7. The van der Waals surface area contributed by atoms with Gasteiger partial charge in [-0.05, 0) is 63.3 Å². The molecular formula is C28H36F2N2O5. The molecule has 2 amide bonds. The molecule has 1 fully saturated rings. The summed E-state index contributed by atoms with van der Waals surface area (Å²) in [6, 6.07) is 14.2. The van der Waals surface area contributed by atoms with Gasteiger partial charge in [-0.2, -0.15) is 0 Å². The van der Waals surface area contributed by atoms with Crippen LogP contribution in [-0.4, -0.2) is 53.2 Å². The van der Waals surface area contributed by atoms with Gasteiger partial charge in [-0.15, -0.1) is 0 Å². The van der Waals surface area contributed by atoms with E-state index in [1.807, 2.05) is 63.2 Å². The zero-order valence-electron chi connectivity index (χ0n) is 21.6. The fourth-order valence-electron chi connectivity index (χ4n) is 4.64. The highest BCUT2D eigenvalue weighted by Gasteiger charge is 2.62. The third kappa shape index (κ3) is 7.33. The van der Waals surface area contributed by atoms with Gasteiger partial charge in [0.25, 0.3) is 5.92 Å². The number of aliphatic carboxylic acids is 1. The number of unbranched alkanes of at least 4 members (excludes halogenated alkanes) is 1. The van der Waals surface area contributed by atoms with E-state index in [-0.39, 0.29) is 0 Å². The summed E-state index contributed by atoms with van der Waals surface area (Å²) in [7, 11) is 0. The molecule has 3 rings (SSSR count). The van der Waals surface area contributed by atoms with E-state index in [9.17, 15) is 23.5 Å². The van der Waals surface area contributed by atoms with Gasteiger partial charge in [-0.1, -0.05) is 30.3 Å². The second-order valence-electron chi connectivity index (χ2n) is 9.44. The van der Waals surface area contributed by atoms with E-state index in [4.69, 9.17) is 9.47 Å². The quantitative estimate of drug-likeness (QED) is 0.326. The first-order chi connectivity index (χ1) is 17.6. The normalized spacial score (nSPS) is 16.2. The lowest BCUT2D eigenvalue weighted by atomic mass is 9.73. The average molecular weight is 519 g/mol. The van der Waals surface area contributed by atoms with Crippen LogP contribution in [0.15, 0.2) is 48.5 Å². The van der Waals surface area contributed by atoms with Crippen LogP contribution in [0.25, 0.3) is 0 Å². The van der Waals surface area contributed by atoms with Crippen molar-refractivity contribution in [2.45, 2.75) is 70.4 Å². The number of aryl methyl sites for hydroxylation is 1. The van der Waals surface area contributed by atoms with E-state index in [1.165, 1.54) is 10.5 Å². The van der Waals surface area contributed by atoms with Crippen LogP contribution in [0.4, 0.5) is 13.6 Å². The summed E-state index contributed by atoms with van der Waals surface area (Å²) in [5.74, 6) is -3.41. The zero-order chi connectivity index (χ0) is 27.1. The minimum Gasteiger partial charge on any atom is -0.494 e. The Balaban J connectivity index is 1.81. The number of carboxylic acids is 1. The van der Waals surface area contributed by atoms with E-state index >= 15 is 0 Å². The van der Waals surface area contributed by atoms with Crippen molar-refractivity contribution in [2.75, 3.05) is 19.8 Å². The van der Waals surface area contributed by atoms with Gasteiger partial charge in [0.1, 0.15) is 11.5 Å². The van der Waals surface area contributed by atoms with E-state index in [0.29, 0.717) is 37.7 Å². The fraction of sp³-hybridized carbons (Fsp3) is 0.500. The number of hydrogen-bond acceptors (Lipinski definition) is 4. The van der Waals surface area contributed by atoms with Crippen molar-refractivity contribution < 1.29 is 33.0 Å². The Morgan fingerprint density at radius 3 is 2.14 bits per heavy atom. The molecule has 1 unspecified atom stereocenters. The van der Waals surface area contributed by atoms with Crippen molar-refractivity contribution in [1.82, 2.24) is 10.2 Å². The molecule has 0 aliphatic heterocycles. The van der Waals surface area contributed by atoms with E-state index in [0.717, 1.165) is 18.4 Å². The number of urea groups is 1. The van der Waals surface area contributed by atoms with Crippen LogP contribution in [0.3, 0.4) is 0 Å². The summed E-state index contributed by atoms with van der Waals surface area (Å²) < 4.78 is 38.7. The Bertz CT molecular complexity index is 1030. The number of carboxylic acid groups (broad SMARTS) is 1. The molecule has 0 spiro atoms. The maximum Gasteiger partial charge on any atom is 0.329 e. The lowest BCUT2D eigenvalue weighted by molar-refractivity contribution is -0.175. The summed E-state index contributed by atoms with van der Waals surface area (Å²) in [4.78, 5) is 26.8. The highest BCUT2D eigenvalue weighted by atomic mass is 19.3. The minimum atomic E-state index is -3.12. The van der Waals surface area contributed by atoms with Gasteiger partial charge >= 0.3 is 12.0 Å². The molecule has 0 heterocycles. The largest absolute Gasteiger partial charge is 0.494 e. The number of ether oxygens (including phenoxy) is 2. The van der Waals surface area contributed by atoms with Crippen LogP contribution in [-0.2, 0) is 11.2 Å². The molecule has 0 saturated heterocycles. The predicted octanol–water partition coefficient (Wildman–Crippen LogP) is 5.83. The summed E-state index contributed by atoms with van der Waals surface area (Å²) in [6.07, 6.45) is 0.416. The molecule has 202 valence electrons. The van der Waals surface area contributed by atoms with Crippen LogP contribution in [0.5, 0.6) is 11.5 Å². The lowest BCUT2D eigenvalue weighted by Gasteiger charge is -2.45. The first kappa shape index (κ1) is 28.2. The molecule has 2 N–H and O–H groups in total. The van der Waals surface area contributed by atoms with Crippen molar-refractivity contribution in [3.63, 3.8) is 0 Å². The molecule has 2 aromatic carbocycles. The van der Waals surface area contributed by atoms with Gasteiger partial charge < -0.3 is 24.8 Å². The van der Waals surface area contributed by atoms with Crippen LogP contribution < -0.4 is 14.8 Å². The predicted molar refractivity (Wildman–Crippen MR) is 136 cm³/mol. The van der Waals surface area contributed by atoms with Gasteiger partial charge in [0.15, 0.2) is 5.54 Å². The second kappa shape index (κ2) is 12.3. The molecule has 1 saturated carbocycles. The number of carbonyl (C=O) groups excluding carboxylic acids is 1. The van der Waals surface area contributed by atoms with Crippen molar-refractivity contribution in [3.8, 4) is 11.5 Å². The summed E-state index contributed by atoms with van der Waals surface area (Å²) >= 11 is 0. The number of alkyl halides is 2. The maximum atomic E-state index is 13.7. The number of rotatable bonds is 13. The minimum absolute atomic E-state index is 0.314. The zero-order valence-corrected chi connectivity index (χ0v) is 21.6. The van der Waals surface area contributed by atoms with Gasteiger partial charge in [0, 0.05) is 25.5 Å². The van der Waals surface area contributed by atoms with E-state index in [1.54, 1.807) is 6.07 Å². The molecular weight excluding hydrogens is 482 g/mol. The highest BCUT2D eigenvalue weighted by molar-refractivity contribution is 5.88. The topological polar surface area (TPSA) is 88.1 Å². The Hall–Kier alpha value is -3.36. The number of nitrogens with one attached hydrogen (secondary N) is 1. The van der Waals surface area contributed by atoms with Crippen molar-refractivity contribution in [3.05, 3.63) is 59.7 Å². The monoisotopic (exact) mass is 518 g/mol. The number of halogens is 2. The van der Waals surface area contributed by atoms with Crippen molar-refractivity contribution >= 4 is 12.0 Å². The molecule has 7 nitrogen and oxygen atoms in total. The lowest BCUT2D eigenvalue weighted by Crippen LogP contribution is -2.68. The van der Waals surface area contributed by atoms with Gasteiger partial charge in [-0.3, -0.25) is 0 Å². The van der Waals surface area contributed by atoms with Crippen LogP contribution >= 0.6 is 0 Å². The van der Waals surface area contributed by atoms with Crippen molar-refractivity contribution in [2.24, 2.45) is 0 Å². The van der Waals surface area contributed by atoms with Crippen LogP contribution in [0, 0.1) is 0 Å². The summed E-state index contributed by atoms with van der Waals surface area (Å²) in [5.41, 5.74) is -0.0681. The molecule has 0 radical (unpaired) electrons. The van der Waals surface area contributed by atoms with Crippen molar-refractivity contribution in [1.29, 1.82) is 0 Å². The molecule has 2 aromatic rings. The Morgan fingerprint density at radius 2 is 1.62 bits per heavy atom. The molecule has 1 atom stereocenters. The number of amides is 2. The van der Waals surface area contributed by atoms with Crippen LogP contribution in [0.2, 0.25) is 0 Å². The number of nitrogens with zero attached hydrogens (tertiary/aromatic N) is 1. The first-order valence-electron chi connectivity index (χ1n) is 12.7. The average Bonchev–Trinajstić information content (AvgIpc) is 2.83. The molecule has 0 bridgehead atoms. The van der Waals surface area contributed by atoms with Gasteiger partial charge in [0.2, 0.25) is 0 Å². The third-order valence-corrected chi connectivity index (χ3v) is 6.57. The number of hydrogen-bond donors (Lipinski definition) is 2. The molecule has 9 heteroatoms. The smallest absolute Gasteiger partial charge is 0.329 e. The molecule has 1 aliphatic rings. The van der Waals surface area contributed by atoms with E-state index < -0.39 is 42.3 Å². The highest BCUT2D eigenvalue weighted by Crippen LogP contribution is 2.46. The van der Waals surface area contributed by atoms with E-state index in [2.05, 4.69) is 5.32 Å². The van der Waals surface area contributed by atoms with Gasteiger partial charge in [0.05, 0.1) is 19.3 Å². The second-order valence-corrected chi connectivity index (χ2v) is 9.44. The Morgan fingerprint density at radius 1 is 1.03 bits per heavy atom. The molecule has 0 aromatic heterocycles.